The molecule has 1 N–H and O–H groups in total. The Hall–Kier alpha value is -0.450. The molecule has 0 bridgehead atoms. The van der Waals surface area contributed by atoms with Crippen molar-refractivity contribution >= 4 is 11.3 Å². The Morgan fingerprint density at radius 2 is 2.54 bits per heavy atom. The minimum atomic E-state index is 0.384. The molecule has 0 aromatic carbocycles. The van der Waals surface area contributed by atoms with E-state index in [1.165, 1.54) is 5.01 Å². The Morgan fingerprint density at radius 3 is 3.08 bits per heavy atom. The van der Waals surface area contributed by atoms with Crippen molar-refractivity contribution in [2.75, 3.05) is 20.3 Å². The highest BCUT2D eigenvalue weighted by atomic mass is 32.1. The fraction of sp³-hybridized carbons (Fsp3) is 0.667. The molecule has 1 atom stereocenters. The number of ether oxygens (including phenoxy) is 1. The molecule has 1 unspecified atom stereocenters. The average molecular weight is 200 g/mol. The normalized spacial score (nSPS) is 13.1. The molecule has 1 aromatic rings. The van der Waals surface area contributed by atoms with Gasteiger partial charge in [-0.2, -0.15) is 0 Å². The molecular weight excluding hydrogens is 184 g/mol. The van der Waals surface area contributed by atoms with E-state index in [2.05, 4.69) is 17.2 Å². The summed E-state index contributed by atoms with van der Waals surface area (Å²) in [6.07, 6.45) is 2.91. The van der Waals surface area contributed by atoms with E-state index < -0.39 is 0 Å². The van der Waals surface area contributed by atoms with Gasteiger partial charge in [0.05, 0.1) is 12.6 Å². The van der Waals surface area contributed by atoms with Gasteiger partial charge in [0.25, 0.3) is 0 Å². The van der Waals surface area contributed by atoms with Crippen LogP contribution in [-0.4, -0.2) is 25.2 Å². The second kappa shape index (κ2) is 6.07. The van der Waals surface area contributed by atoms with Crippen molar-refractivity contribution in [3.8, 4) is 0 Å². The number of aromatic nitrogens is 1. The Kier molecular flexibility index (Phi) is 4.97. The highest BCUT2D eigenvalue weighted by Crippen LogP contribution is 2.17. The molecule has 0 radical (unpaired) electrons. The highest BCUT2D eigenvalue weighted by Gasteiger charge is 2.09. The third kappa shape index (κ3) is 3.42. The lowest BCUT2D eigenvalue weighted by atomic mass is 10.2. The SMILES string of the molecule is CCC(NCCOC)c1nccs1. The van der Waals surface area contributed by atoms with Crippen molar-refractivity contribution in [3.63, 3.8) is 0 Å². The van der Waals surface area contributed by atoms with Gasteiger partial charge < -0.3 is 10.1 Å². The van der Waals surface area contributed by atoms with Crippen LogP contribution in [0, 0.1) is 0 Å². The van der Waals surface area contributed by atoms with Crippen LogP contribution < -0.4 is 5.32 Å². The highest BCUT2D eigenvalue weighted by molar-refractivity contribution is 7.09. The van der Waals surface area contributed by atoms with Crippen molar-refractivity contribution in [1.29, 1.82) is 0 Å². The molecule has 0 aliphatic carbocycles. The zero-order chi connectivity index (χ0) is 9.52. The summed E-state index contributed by atoms with van der Waals surface area (Å²) in [5.74, 6) is 0. The van der Waals surface area contributed by atoms with Gasteiger partial charge >= 0.3 is 0 Å². The van der Waals surface area contributed by atoms with Crippen LogP contribution in [0.4, 0.5) is 0 Å². The number of thiazole rings is 1. The third-order valence-electron chi connectivity index (χ3n) is 1.85. The largest absolute Gasteiger partial charge is 0.383 e. The van der Waals surface area contributed by atoms with Gasteiger partial charge in [-0.15, -0.1) is 11.3 Å². The summed E-state index contributed by atoms with van der Waals surface area (Å²) >= 11 is 1.70. The summed E-state index contributed by atoms with van der Waals surface area (Å²) in [6, 6.07) is 0.384. The summed E-state index contributed by atoms with van der Waals surface area (Å²) in [5.41, 5.74) is 0. The summed E-state index contributed by atoms with van der Waals surface area (Å²) < 4.78 is 4.97. The van der Waals surface area contributed by atoms with Crippen LogP contribution in [0.2, 0.25) is 0 Å². The standard InChI is InChI=1S/C9H16N2OS/c1-3-8(10-4-6-12-2)9-11-5-7-13-9/h5,7-8,10H,3-4,6H2,1-2H3. The quantitative estimate of drug-likeness (QED) is 0.711. The predicted molar refractivity (Wildman–Crippen MR) is 55.0 cm³/mol. The van der Waals surface area contributed by atoms with E-state index in [0.717, 1.165) is 19.6 Å². The van der Waals surface area contributed by atoms with Gasteiger partial charge in [-0.3, -0.25) is 0 Å². The van der Waals surface area contributed by atoms with Gasteiger partial charge in [0, 0.05) is 25.2 Å². The number of methoxy groups -OCH3 is 1. The Bertz CT molecular complexity index is 213. The van der Waals surface area contributed by atoms with Gasteiger partial charge in [-0.1, -0.05) is 6.92 Å². The maximum atomic E-state index is 4.97. The lowest BCUT2D eigenvalue weighted by molar-refractivity contribution is 0.195. The van der Waals surface area contributed by atoms with E-state index in [1.807, 2.05) is 11.6 Å². The smallest absolute Gasteiger partial charge is 0.109 e. The summed E-state index contributed by atoms with van der Waals surface area (Å²) in [7, 11) is 1.71. The molecule has 13 heavy (non-hydrogen) atoms. The maximum Gasteiger partial charge on any atom is 0.109 e. The van der Waals surface area contributed by atoms with E-state index in [1.54, 1.807) is 18.4 Å². The van der Waals surface area contributed by atoms with E-state index in [0.29, 0.717) is 6.04 Å². The van der Waals surface area contributed by atoms with Crippen LogP contribution in [0.25, 0.3) is 0 Å². The molecule has 4 heteroatoms. The molecule has 1 heterocycles. The number of nitrogens with zero attached hydrogens (tertiary/aromatic N) is 1. The van der Waals surface area contributed by atoms with Crippen LogP contribution in [0.5, 0.6) is 0 Å². The molecule has 0 aliphatic rings. The van der Waals surface area contributed by atoms with Crippen LogP contribution >= 0.6 is 11.3 Å². The molecule has 3 nitrogen and oxygen atoms in total. The topological polar surface area (TPSA) is 34.1 Å². The minimum Gasteiger partial charge on any atom is -0.383 e. The first-order valence-electron chi connectivity index (χ1n) is 4.50. The van der Waals surface area contributed by atoms with Gasteiger partial charge in [-0.05, 0) is 6.42 Å². The zero-order valence-corrected chi connectivity index (χ0v) is 8.93. The molecule has 0 amide bonds. The molecule has 0 fully saturated rings. The Morgan fingerprint density at radius 1 is 1.69 bits per heavy atom. The van der Waals surface area contributed by atoms with Crippen LogP contribution in [0.15, 0.2) is 11.6 Å². The first-order valence-corrected chi connectivity index (χ1v) is 5.38. The minimum absolute atomic E-state index is 0.384. The third-order valence-corrected chi connectivity index (χ3v) is 2.74. The molecule has 1 aromatic heterocycles. The van der Waals surface area contributed by atoms with E-state index in [4.69, 9.17) is 4.74 Å². The monoisotopic (exact) mass is 200 g/mol. The molecule has 0 saturated heterocycles. The van der Waals surface area contributed by atoms with Crippen molar-refractivity contribution in [2.45, 2.75) is 19.4 Å². The predicted octanol–water partition coefficient (Wildman–Crippen LogP) is 1.83. The summed E-state index contributed by atoms with van der Waals surface area (Å²) in [6.45, 7) is 3.79. The molecular formula is C9H16N2OS. The lowest BCUT2D eigenvalue weighted by Gasteiger charge is -2.13. The fourth-order valence-corrected chi connectivity index (χ4v) is 1.95. The second-order valence-corrected chi connectivity index (χ2v) is 3.70. The van der Waals surface area contributed by atoms with Crippen molar-refractivity contribution < 1.29 is 4.74 Å². The van der Waals surface area contributed by atoms with Gasteiger partial charge in [0.15, 0.2) is 0 Å². The Balaban J connectivity index is 2.35. The number of nitrogens with one attached hydrogen (secondary N) is 1. The van der Waals surface area contributed by atoms with Crippen LogP contribution in [-0.2, 0) is 4.74 Å². The zero-order valence-electron chi connectivity index (χ0n) is 8.12. The summed E-state index contributed by atoms with van der Waals surface area (Å²) in [4.78, 5) is 4.28. The average Bonchev–Trinajstić information content (AvgIpc) is 2.65. The van der Waals surface area contributed by atoms with Crippen molar-refractivity contribution in [3.05, 3.63) is 16.6 Å². The molecule has 0 aliphatic heterocycles. The fourth-order valence-electron chi connectivity index (χ4n) is 1.15. The second-order valence-electron chi connectivity index (χ2n) is 2.78. The number of rotatable bonds is 6. The van der Waals surface area contributed by atoms with E-state index >= 15 is 0 Å². The molecule has 0 saturated carbocycles. The van der Waals surface area contributed by atoms with Crippen LogP contribution in [0.3, 0.4) is 0 Å². The van der Waals surface area contributed by atoms with Gasteiger partial charge in [0.1, 0.15) is 5.01 Å². The first-order chi connectivity index (χ1) is 6.38. The molecule has 0 spiro atoms. The van der Waals surface area contributed by atoms with E-state index in [-0.39, 0.29) is 0 Å². The van der Waals surface area contributed by atoms with Crippen LogP contribution in [0.1, 0.15) is 24.4 Å². The molecule has 1 rings (SSSR count). The number of hydrogen-bond donors (Lipinski definition) is 1. The van der Waals surface area contributed by atoms with Gasteiger partial charge in [0.2, 0.25) is 0 Å². The maximum absolute atomic E-state index is 4.97. The summed E-state index contributed by atoms with van der Waals surface area (Å²) in [5, 5.41) is 6.57. The van der Waals surface area contributed by atoms with Crippen molar-refractivity contribution in [1.82, 2.24) is 10.3 Å². The van der Waals surface area contributed by atoms with Gasteiger partial charge in [-0.25, -0.2) is 4.98 Å². The lowest BCUT2D eigenvalue weighted by Crippen LogP contribution is -2.24. The van der Waals surface area contributed by atoms with E-state index in [9.17, 15) is 0 Å². The first kappa shape index (κ1) is 10.6. The number of hydrogen-bond acceptors (Lipinski definition) is 4. The van der Waals surface area contributed by atoms with Crippen molar-refractivity contribution in [2.24, 2.45) is 0 Å². The molecule has 74 valence electrons. The Labute approximate surface area is 83.1 Å².